The number of hydrogen-bond acceptors (Lipinski definition) is 9. The van der Waals surface area contributed by atoms with Gasteiger partial charge < -0.3 is 25.0 Å². The topological polar surface area (TPSA) is 102 Å². The average Bonchev–Trinajstić information content (AvgIpc) is 3.31. The predicted molar refractivity (Wildman–Crippen MR) is 115 cm³/mol. The van der Waals surface area contributed by atoms with E-state index in [2.05, 4.69) is 30.5 Å². The number of nitrogens with zero attached hydrogens (tertiary/aromatic N) is 4. The van der Waals surface area contributed by atoms with Crippen molar-refractivity contribution < 1.29 is 14.3 Å². The van der Waals surface area contributed by atoms with Gasteiger partial charge in [0.15, 0.2) is 5.16 Å². The third-order valence-electron chi connectivity index (χ3n) is 4.81. The summed E-state index contributed by atoms with van der Waals surface area (Å²) in [7, 11) is 0. The Hall–Kier alpha value is -2.43. The summed E-state index contributed by atoms with van der Waals surface area (Å²) in [5, 5.41) is 6.66. The molecule has 1 atom stereocenters. The molecule has 2 N–H and O–H groups in total. The molecule has 30 heavy (non-hydrogen) atoms. The number of anilines is 3. The van der Waals surface area contributed by atoms with Gasteiger partial charge >= 0.3 is 0 Å². The highest BCUT2D eigenvalue weighted by atomic mass is 32.2. The quantitative estimate of drug-likeness (QED) is 0.607. The molecule has 3 heterocycles. The first kappa shape index (κ1) is 20.8. The van der Waals surface area contributed by atoms with Crippen molar-refractivity contribution in [1.82, 2.24) is 20.3 Å². The maximum Gasteiger partial charge on any atom is 0.233 e. The average molecular weight is 431 g/mol. The zero-order valence-electron chi connectivity index (χ0n) is 16.7. The summed E-state index contributed by atoms with van der Waals surface area (Å²) in [5.74, 6) is 1.24. The standard InChI is InChI=1S/C20H26N6O3S/c27-17(21-13-16-7-4-10-29-16)14-30-20-24-18(22-15-5-2-1-3-6-15)23-19(25-20)26-8-11-28-12-9-26/h1-3,5-6,16H,4,7-14H2,(H,21,27)(H,22,23,24,25)/t16-/m1/s1. The first-order valence-electron chi connectivity index (χ1n) is 10.2. The summed E-state index contributed by atoms with van der Waals surface area (Å²) in [6, 6.07) is 9.74. The molecule has 0 radical (unpaired) electrons. The molecule has 2 saturated heterocycles. The van der Waals surface area contributed by atoms with E-state index < -0.39 is 0 Å². The molecule has 2 aliphatic heterocycles. The van der Waals surface area contributed by atoms with E-state index in [4.69, 9.17) is 9.47 Å². The molecule has 160 valence electrons. The van der Waals surface area contributed by atoms with Crippen LogP contribution in [-0.2, 0) is 14.3 Å². The van der Waals surface area contributed by atoms with Crippen LogP contribution < -0.4 is 15.5 Å². The van der Waals surface area contributed by atoms with Crippen molar-refractivity contribution in [1.29, 1.82) is 0 Å². The predicted octanol–water partition coefficient (Wildman–Crippen LogP) is 1.84. The lowest BCUT2D eigenvalue weighted by Gasteiger charge is -2.27. The lowest BCUT2D eigenvalue weighted by Crippen LogP contribution is -2.37. The zero-order valence-corrected chi connectivity index (χ0v) is 17.6. The molecular formula is C20H26N6O3S. The number of hydrogen-bond donors (Lipinski definition) is 2. The lowest BCUT2D eigenvalue weighted by molar-refractivity contribution is -0.119. The van der Waals surface area contributed by atoms with Crippen molar-refractivity contribution in [3.8, 4) is 0 Å². The number of benzene rings is 1. The second kappa shape index (κ2) is 10.6. The Morgan fingerprint density at radius 2 is 1.97 bits per heavy atom. The molecule has 2 aliphatic rings. The van der Waals surface area contributed by atoms with Crippen LogP contribution in [0.2, 0.25) is 0 Å². The molecule has 0 bridgehead atoms. The summed E-state index contributed by atoms with van der Waals surface area (Å²) in [5.41, 5.74) is 0.891. The molecule has 0 saturated carbocycles. The smallest absolute Gasteiger partial charge is 0.233 e. The van der Waals surface area contributed by atoms with Gasteiger partial charge in [-0.25, -0.2) is 0 Å². The fourth-order valence-corrected chi connectivity index (χ4v) is 3.90. The maximum absolute atomic E-state index is 12.2. The third kappa shape index (κ3) is 6.04. The van der Waals surface area contributed by atoms with Crippen molar-refractivity contribution in [2.75, 3.05) is 55.4 Å². The number of carbonyl (C=O) groups is 1. The normalized spacial score (nSPS) is 18.9. The Balaban J connectivity index is 1.42. The first-order chi connectivity index (χ1) is 14.8. The maximum atomic E-state index is 12.2. The van der Waals surface area contributed by atoms with Gasteiger partial charge in [0.1, 0.15) is 0 Å². The van der Waals surface area contributed by atoms with Crippen LogP contribution in [0, 0.1) is 0 Å². The minimum absolute atomic E-state index is 0.0543. The van der Waals surface area contributed by atoms with Gasteiger partial charge in [-0.2, -0.15) is 15.0 Å². The van der Waals surface area contributed by atoms with E-state index in [9.17, 15) is 4.79 Å². The molecule has 0 unspecified atom stereocenters. The fourth-order valence-electron chi connectivity index (χ4n) is 3.24. The highest BCUT2D eigenvalue weighted by Crippen LogP contribution is 2.21. The van der Waals surface area contributed by atoms with Gasteiger partial charge in [-0.3, -0.25) is 4.79 Å². The van der Waals surface area contributed by atoms with Gasteiger partial charge in [0.25, 0.3) is 0 Å². The van der Waals surface area contributed by atoms with E-state index >= 15 is 0 Å². The molecule has 1 aromatic heterocycles. The monoisotopic (exact) mass is 430 g/mol. The van der Waals surface area contributed by atoms with Gasteiger partial charge in [-0.05, 0) is 25.0 Å². The van der Waals surface area contributed by atoms with Crippen molar-refractivity contribution in [3.05, 3.63) is 30.3 Å². The van der Waals surface area contributed by atoms with E-state index in [1.54, 1.807) is 0 Å². The molecule has 9 nitrogen and oxygen atoms in total. The molecule has 10 heteroatoms. The summed E-state index contributed by atoms with van der Waals surface area (Å²) >= 11 is 1.30. The number of morpholine rings is 1. The number of thioether (sulfide) groups is 1. The van der Waals surface area contributed by atoms with Crippen LogP contribution >= 0.6 is 11.8 Å². The second-order valence-corrected chi connectivity index (χ2v) is 8.00. The molecule has 0 aliphatic carbocycles. The number of amides is 1. The van der Waals surface area contributed by atoms with Gasteiger partial charge in [0.2, 0.25) is 17.8 Å². The molecule has 4 rings (SSSR count). The fraction of sp³-hybridized carbons (Fsp3) is 0.500. The van der Waals surface area contributed by atoms with Crippen molar-refractivity contribution in [3.63, 3.8) is 0 Å². The van der Waals surface area contributed by atoms with Gasteiger partial charge in [-0.15, -0.1) is 0 Å². The molecule has 1 aromatic carbocycles. The Morgan fingerprint density at radius 3 is 2.73 bits per heavy atom. The highest BCUT2D eigenvalue weighted by Gasteiger charge is 2.19. The van der Waals surface area contributed by atoms with Gasteiger partial charge in [0.05, 0.1) is 25.1 Å². The first-order valence-corrected chi connectivity index (χ1v) is 11.2. The summed E-state index contributed by atoms with van der Waals surface area (Å²) in [6.07, 6.45) is 2.19. The number of para-hydroxylation sites is 1. The third-order valence-corrected chi connectivity index (χ3v) is 5.66. The lowest BCUT2D eigenvalue weighted by atomic mass is 10.2. The number of nitrogens with one attached hydrogen (secondary N) is 2. The summed E-state index contributed by atoms with van der Waals surface area (Å²) in [4.78, 5) is 28.0. The zero-order chi connectivity index (χ0) is 20.6. The van der Waals surface area contributed by atoms with Gasteiger partial charge in [0, 0.05) is 31.9 Å². The van der Waals surface area contributed by atoms with E-state index in [1.165, 1.54) is 11.8 Å². The molecular weight excluding hydrogens is 404 g/mol. The van der Waals surface area contributed by atoms with Gasteiger partial charge in [-0.1, -0.05) is 30.0 Å². The summed E-state index contributed by atoms with van der Waals surface area (Å²) in [6.45, 7) is 4.06. The van der Waals surface area contributed by atoms with Crippen LogP contribution in [0.4, 0.5) is 17.6 Å². The van der Waals surface area contributed by atoms with Crippen LogP contribution in [0.1, 0.15) is 12.8 Å². The number of ether oxygens (including phenoxy) is 2. The minimum atomic E-state index is -0.0543. The van der Waals surface area contributed by atoms with E-state index in [0.29, 0.717) is 36.8 Å². The van der Waals surface area contributed by atoms with E-state index in [-0.39, 0.29) is 17.8 Å². The van der Waals surface area contributed by atoms with Crippen LogP contribution in [0.3, 0.4) is 0 Å². The van der Waals surface area contributed by atoms with Crippen molar-refractivity contribution in [2.24, 2.45) is 0 Å². The molecule has 2 fully saturated rings. The Kier molecular flexibility index (Phi) is 7.33. The minimum Gasteiger partial charge on any atom is -0.378 e. The van der Waals surface area contributed by atoms with Crippen molar-refractivity contribution in [2.45, 2.75) is 24.1 Å². The Labute approximate surface area is 180 Å². The van der Waals surface area contributed by atoms with Crippen molar-refractivity contribution >= 4 is 35.3 Å². The van der Waals surface area contributed by atoms with Crippen LogP contribution in [0.15, 0.2) is 35.5 Å². The van der Waals surface area contributed by atoms with Crippen LogP contribution in [-0.4, -0.2) is 72.2 Å². The van der Waals surface area contributed by atoms with E-state index in [0.717, 1.165) is 38.2 Å². The molecule has 2 aromatic rings. The SMILES string of the molecule is O=C(CSc1nc(Nc2ccccc2)nc(N2CCOCC2)n1)NC[C@H]1CCCO1. The number of aromatic nitrogens is 3. The number of rotatable bonds is 8. The largest absolute Gasteiger partial charge is 0.378 e. The molecule has 0 spiro atoms. The Bertz CT molecular complexity index is 829. The van der Waals surface area contributed by atoms with E-state index in [1.807, 2.05) is 30.3 Å². The number of carbonyl (C=O) groups excluding carboxylic acids is 1. The second-order valence-electron chi connectivity index (χ2n) is 7.06. The molecule has 1 amide bonds. The Morgan fingerprint density at radius 1 is 1.13 bits per heavy atom. The highest BCUT2D eigenvalue weighted by molar-refractivity contribution is 7.99. The van der Waals surface area contributed by atoms with Crippen LogP contribution in [0.5, 0.6) is 0 Å². The summed E-state index contributed by atoms with van der Waals surface area (Å²) < 4.78 is 11.0. The van der Waals surface area contributed by atoms with Crippen LogP contribution in [0.25, 0.3) is 0 Å².